The zero-order valence-corrected chi connectivity index (χ0v) is 10.6. The number of ether oxygens (including phenoxy) is 2. The van der Waals surface area contributed by atoms with E-state index in [4.69, 9.17) is 15.2 Å². The fraction of sp³-hybridized carbons (Fsp3) is 0.462. The lowest BCUT2D eigenvalue weighted by Gasteiger charge is -2.22. The maximum absolute atomic E-state index is 12.9. The molecule has 0 aromatic heterocycles. The van der Waals surface area contributed by atoms with Gasteiger partial charge in [0.15, 0.2) is 0 Å². The molecule has 0 radical (unpaired) electrons. The zero-order valence-electron chi connectivity index (χ0n) is 10.6. The summed E-state index contributed by atoms with van der Waals surface area (Å²) in [6, 6.07) is 5.80. The van der Waals surface area contributed by atoms with Crippen LogP contribution in [0.3, 0.4) is 0 Å². The molecular formula is C13H18FNO3. The van der Waals surface area contributed by atoms with E-state index >= 15 is 0 Å². The second-order valence-corrected chi connectivity index (χ2v) is 4.19. The fourth-order valence-electron chi connectivity index (χ4n) is 1.34. The molecule has 0 saturated heterocycles. The molecule has 2 N–H and O–H groups in total. The van der Waals surface area contributed by atoms with Crippen molar-refractivity contribution in [2.45, 2.75) is 25.8 Å². The number of nitrogens with two attached hydrogens (primary N) is 1. The molecule has 0 spiro atoms. The lowest BCUT2D eigenvalue weighted by Crippen LogP contribution is -2.47. The van der Waals surface area contributed by atoms with Gasteiger partial charge in [0.05, 0.1) is 13.2 Å². The van der Waals surface area contributed by atoms with Crippen LogP contribution in [0.25, 0.3) is 0 Å². The van der Waals surface area contributed by atoms with Crippen LogP contribution in [0.1, 0.15) is 20.3 Å². The Morgan fingerprint density at radius 1 is 1.50 bits per heavy atom. The first kappa shape index (κ1) is 14.4. The van der Waals surface area contributed by atoms with Crippen LogP contribution in [0.4, 0.5) is 4.39 Å². The molecule has 1 atom stereocenters. The van der Waals surface area contributed by atoms with Crippen molar-refractivity contribution in [2.75, 3.05) is 13.2 Å². The molecule has 1 unspecified atom stereocenters. The Bertz CT molecular complexity index is 407. The molecule has 0 fully saturated rings. The van der Waals surface area contributed by atoms with E-state index in [9.17, 15) is 9.18 Å². The van der Waals surface area contributed by atoms with Crippen LogP contribution in [-0.2, 0) is 9.53 Å². The van der Waals surface area contributed by atoms with Crippen molar-refractivity contribution in [2.24, 2.45) is 5.73 Å². The van der Waals surface area contributed by atoms with Crippen LogP contribution < -0.4 is 10.5 Å². The summed E-state index contributed by atoms with van der Waals surface area (Å²) in [4.78, 5) is 11.5. The number of halogens is 1. The SMILES string of the molecule is CCOC(=O)C(C)(N)CCOc1cccc(F)c1. The Kier molecular flexibility index (Phi) is 5.09. The average molecular weight is 255 g/mol. The zero-order chi connectivity index (χ0) is 13.6. The van der Waals surface area contributed by atoms with Gasteiger partial charge in [0.25, 0.3) is 0 Å². The summed E-state index contributed by atoms with van der Waals surface area (Å²) in [7, 11) is 0. The summed E-state index contributed by atoms with van der Waals surface area (Å²) in [6.07, 6.45) is 0.294. The second-order valence-electron chi connectivity index (χ2n) is 4.19. The van der Waals surface area contributed by atoms with Gasteiger partial charge in [0.1, 0.15) is 17.1 Å². The maximum atomic E-state index is 12.9. The van der Waals surface area contributed by atoms with Crippen molar-refractivity contribution in [1.82, 2.24) is 0 Å². The van der Waals surface area contributed by atoms with Gasteiger partial charge in [-0.05, 0) is 26.0 Å². The molecule has 0 heterocycles. The van der Waals surface area contributed by atoms with E-state index in [0.29, 0.717) is 12.2 Å². The van der Waals surface area contributed by atoms with E-state index in [1.807, 2.05) is 0 Å². The van der Waals surface area contributed by atoms with E-state index < -0.39 is 11.5 Å². The third-order valence-electron chi connectivity index (χ3n) is 2.43. The van der Waals surface area contributed by atoms with Gasteiger partial charge in [0.2, 0.25) is 0 Å². The average Bonchev–Trinajstić information content (AvgIpc) is 2.29. The highest BCUT2D eigenvalue weighted by molar-refractivity contribution is 5.79. The van der Waals surface area contributed by atoms with Gasteiger partial charge < -0.3 is 15.2 Å². The minimum Gasteiger partial charge on any atom is -0.493 e. The van der Waals surface area contributed by atoms with Crippen molar-refractivity contribution in [3.63, 3.8) is 0 Å². The highest BCUT2D eigenvalue weighted by atomic mass is 19.1. The second kappa shape index (κ2) is 6.35. The van der Waals surface area contributed by atoms with Gasteiger partial charge in [-0.15, -0.1) is 0 Å². The van der Waals surface area contributed by atoms with Crippen molar-refractivity contribution in [1.29, 1.82) is 0 Å². The first-order valence-electron chi connectivity index (χ1n) is 5.80. The van der Waals surface area contributed by atoms with Crippen molar-refractivity contribution < 1.29 is 18.7 Å². The third kappa shape index (κ3) is 4.33. The number of carbonyl (C=O) groups is 1. The molecule has 4 nitrogen and oxygen atoms in total. The van der Waals surface area contributed by atoms with Crippen LogP contribution in [0.2, 0.25) is 0 Å². The van der Waals surface area contributed by atoms with Crippen LogP contribution in [0.5, 0.6) is 5.75 Å². The minimum atomic E-state index is -1.09. The topological polar surface area (TPSA) is 61.5 Å². The van der Waals surface area contributed by atoms with Gasteiger partial charge in [-0.1, -0.05) is 6.07 Å². The van der Waals surface area contributed by atoms with E-state index in [2.05, 4.69) is 0 Å². The van der Waals surface area contributed by atoms with Gasteiger partial charge in [0, 0.05) is 12.5 Å². The van der Waals surface area contributed by atoms with Gasteiger partial charge in [-0.25, -0.2) is 4.39 Å². The normalized spacial score (nSPS) is 13.8. The molecule has 18 heavy (non-hydrogen) atoms. The molecule has 1 aromatic carbocycles. The Labute approximate surface area is 106 Å². The van der Waals surface area contributed by atoms with Crippen molar-refractivity contribution in [3.05, 3.63) is 30.1 Å². The van der Waals surface area contributed by atoms with Gasteiger partial charge in [-0.2, -0.15) is 0 Å². The predicted octanol–water partition coefficient (Wildman–Crippen LogP) is 1.88. The monoisotopic (exact) mass is 255 g/mol. The van der Waals surface area contributed by atoms with Gasteiger partial charge >= 0.3 is 5.97 Å². The summed E-state index contributed by atoms with van der Waals surface area (Å²) in [5, 5.41) is 0. The fourth-order valence-corrected chi connectivity index (χ4v) is 1.34. The molecule has 100 valence electrons. The largest absolute Gasteiger partial charge is 0.493 e. The number of benzene rings is 1. The minimum absolute atomic E-state index is 0.218. The quantitative estimate of drug-likeness (QED) is 0.788. The van der Waals surface area contributed by atoms with Crippen LogP contribution in [0, 0.1) is 5.82 Å². The van der Waals surface area contributed by atoms with E-state index in [-0.39, 0.29) is 19.0 Å². The number of carbonyl (C=O) groups excluding carboxylic acids is 1. The number of hydrogen-bond donors (Lipinski definition) is 1. The highest BCUT2D eigenvalue weighted by Crippen LogP contribution is 2.14. The van der Waals surface area contributed by atoms with E-state index in [1.54, 1.807) is 26.0 Å². The molecule has 1 aromatic rings. The Morgan fingerprint density at radius 2 is 2.22 bits per heavy atom. The standard InChI is InChI=1S/C13H18FNO3/c1-3-17-12(16)13(2,15)7-8-18-11-6-4-5-10(14)9-11/h4-6,9H,3,7-8,15H2,1-2H3. The van der Waals surface area contributed by atoms with E-state index in [1.165, 1.54) is 12.1 Å². The first-order valence-corrected chi connectivity index (χ1v) is 5.80. The molecule has 0 aliphatic heterocycles. The molecule has 0 aliphatic rings. The number of rotatable bonds is 6. The van der Waals surface area contributed by atoms with Crippen molar-refractivity contribution >= 4 is 5.97 Å². The van der Waals surface area contributed by atoms with Crippen LogP contribution in [-0.4, -0.2) is 24.7 Å². The molecule has 0 amide bonds. The Morgan fingerprint density at radius 3 is 2.83 bits per heavy atom. The number of hydrogen-bond acceptors (Lipinski definition) is 4. The first-order chi connectivity index (χ1) is 8.45. The maximum Gasteiger partial charge on any atom is 0.325 e. The summed E-state index contributed by atoms with van der Waals surface area (Å²) >= 11 is 0. The Hall–Kier alpha value is -1.62. The summed E-state index contributed by atoms with van der Waals surface area (Å²) in [5.74, 6) is -0.420. The Balaban J connectivity index is 2.43. The number of esters is 1. The lowest BCUT2D eigenvalue weighted by atomic mass is 10.0. The highest BCUT2D eigenvalue weighted by Gasteiger charge is 2.29. The summed E-state index contributed by atoms with van der Waals surface area (Å²) in [5.41, 5.74) is 4.72. The molecule has 1 rings (SSSR count). The summed E-state index contributed by atoms with van der Waals surface area (Å²) in [6.45, 7) is 3.81. The molecular weight excluding hydrogens is 237 g/mol. The van der Waals surface area contributed by atoms with E-state index in [0.717, 1.165) is 0 Å². The van der Waals surface area contributed by atoms with Crippen LogP contribution >= 0.6 is 0 Å². The summed E-state index contributed by atoms with van der Waals surface area (Å²) < 4.78 is 23.1. The lowest BCUT2D eigenvalue weighted by molar-refractivity contribution is -0.149. The third-order valence-corrected chi connectivity index (χ3v) is 2.43. The van der Waals surface area contributed by atoms with Gasteiger partial charge in [-0.3, -0.25) is 4.79 Å². The molecule has 0 aliphatic carbocycles. The predicted molar refractivity (Wildman–Crippen MR) is 65.7 cm³/mol. The van der Waals surface area contributed by atoms with Crippen LogP contribution in [0.15, 0.2) is 24.3 Å². The molecule has 5 heteroatoms. The molecule has 0 bridgehead atoms. The molecule has 0 saturated carbocycles. The smallest absolute Gasteiger partial charge is 0.325 e. The van der Waals surface area contributed by atoms with Crippen molar-refractivity contribution in [3.8, 4) is 5.75 Å².